The third kappa shape index (κ3) is 2.90. The summed E-state index contributed by atoms with van der Waals surface area (Å²) < 4.78 is -1.47. The van der Waals surface area contributed by atoms with Gasteiger partial charge in [-0.3, -0.25) is 5.32 Å². The minimum atomic E-state index is -1.47. The van der Waals surface area contributed by atoms with Crippen LogP contribution in [-0.2, 0) is 0 Å². The van der Waals surface area contributed by atoms with E-state index in [1.807, 2.05) is 4.90 Å². The third-order valence-electron chi connectivity index (χ3n) is 2.64. The molecule has 1 aromatic carbocycles. The molecular formula is C10H8Cl6N2. The van der Waals surface area contributed by atoms with Crippen LogP contribution in [-0.4, -0.2) is 23.0 Å². The van der Waals surface area contributed by atoms with E-state index in [-0.39, 0.29) is 0 Å². The van der Waals surface area contributed by atoms with E-state index in [0.717, 1.165) is 0 Å². The molecule has 1 N–H and O–H groups in total. The summed E-state index contributed by atoms with van der Waals surface area (Å²) in [6, 6.07) is 3.42. The predicted molar refractivity (Wildman–Crippen MR) is 80.9 cm³/mol. The highest BCUT2D eigenvalue weighted by Gasteiger charge is 2.41. The van der Waals surface area contributed by atoms with Crippen LogP contribution < -0.4 is 10.2 Å². The average Bonchev–Trinajstić information content (AvgIpc) is 2.74. The number of halogens is 6. The second-order valence-corrected chi connectivity index (χ2v) is 7.32. The van der Waals surface area contributed by atoms with Gasteiger partial charge in [0.25, 0.3) is 0 Å². The van der Waals surface area contributed by atoms with Crippen molar-refractivity contribution in [1.82, 2.24) is 5.32 Å². The number of rotatable bonds is 1. The predicted octanol–water partition coefficient (Wildman–Crippen LogP) is 4.75. The monoisotopic (exact) mass is 366 g/mol. The van der Waals surface area contributed by atoms with Crippen molar-refractivity contribution in [2.75, 3.05) is 18.0 Å². The van der Waals surface area contributed by atoms with Crippen LogP contribution in [0.4, 0.5) is 5.69 Å². The highest BCUT2D eigenvalue weighted by molar-refractivity contribution is 6.68. The zero-order valence-corrected chi connectivity index (χ0v) is 13.4. The molecule has 0 spiro atoms. The summed E-state index contributed by atoms with van der Waals surface area (Å²) >= 11 is 35.9. The number of nitrogens with one attached hydrogen (secondary N) is 1. The van der Waals surface area contributed by atoms with Crippen molar-refractivity contribution < 1.29 is 0 Å². The molecule has 0 radical (unpaired) electrons. The Morgan fingerprint density at radius 2 is 1.78 bits per heavy atom. The molecule has 18 heavy (non-hydrogen) atoms. The Hall–Kier alpha value is 0.720. The standard InChI is InChI=1S/C10H8Cl6N2/c11-5-1-2-6(8(13)7(5)12)18-4-3-17-9(18)10(14,15)16/h1-2,9,17H,3-4H2. The van der Waals surface area contributed by atoms with E-state index < -0.39 is 9.96 Å². The number of anilines is 1. The van der Waals surface area contributed by atoms with Gasteiger partial charge in [0.1, 0.15) is 6.17 Å². The summed E-state index contributed by atoms with van der Waals surface area (Å²) in [4.78, 5) is 1.86. The van der Waals surface area contributed by atoms with Gasteiger partial charge in [-0.25, -0.2) is 0 Å². The minimum absolute atomic E-state index is 0.297. The van der Waals surface area contributed by atoms with Gasteiger partial charge in [-0.15, -0.1) is 0 Å². The van der Waals surface area contributed by atoms with Crippen LogP contribution in [0.15, 0.2) is 12.1 Å². The maximum Gasteiger partial charge on any atom is 0.223 e. The van der Waals surface area contributed by atoms with Crippen molar-refractivity contribution >= 4 is 75.3 Å². The largest absolute Gasteiger partial charge is 0.350 e. The normalized spacial score (nSPS) is 20.6. The minimum Gasteiger partial charge on any atom is -0.350 e. The second-order valence-electron chi connectivity index (χ2n) is 3.79. The first-order valence-electron chi connectivity index (χ1n) is 5.02. The second kappa shape index (κ2) is 5.61. The maximum atomic E-state index is 6.18. The number of hydrogen-bond donors (Lipinski definition) is 1. The van der Waals surface area contributed by atoms with E-state index in [1.165, 1.54) is 0 Å². The Morgan fingerprint density at radius 1 is 1.11 bits per heavy atom. The molecule has 1 fully saturated rings. The topological polar surface area (TPSA) is 15.3 Å². The van der Waals surface area contributed by atoms with E-state index in [4.69, 9.17) is 69.6 Å². The lowest BCUT2D eigenvalue weighted by atomic mass is 10.2. The van der Waals surface area contributed by atoms with Crippen molar-refractivity contribution in [3.05, 3.63) is 27.2 Å². The molecule has 2 nitrogen and oxygen atoms in total. The van der Waals surface area contributed by atoms with E-state index in [0.29, 0.717) is 33.8 Å². The Bertz CT molecular complexity index is 458. The van der Waals surface area contributed by atoms with E-state index in [9.17, 15) is 0 Å². The van der Waals surface area contributed by atoms with Crippen molar-refractivity contribution in [2.24, 2.45) is 0 Å². The fourth-order valence-corrected chi connectivity index (χ4v) is 3.07. The van der Waals surface area contributed by atoms with Crippen LogP contribution in [0.5, 0.6) is 0 Å². The molecule has 1 atom stereocenters. The molecule has 1 aliphatic heterocycles. The number of alkyl halides is 3. The molecule has 0 amide bonds. The first kappa shape index (κ1) is 15.1. The van der Waals surface area contributed by atoms with Crippen molar-refractivity contribution in [1.29, 1.82) is 0 Å². The van der Waals surface area contributed by atoms with Crippen molar-refractivity contribution in [2.45, 2.75) is 9.96 Å². The smallest absolute Gasteiger partial charge is 0.223 e. The molecule has 0 saturated carbocycles. The van der Waals surface area contributed by atoms with Crippen LogP contribution in [0.2, 0.25) is 15.1 Å². The van der Waals surface area contributed by atoms with Crippen LogP contribution >= 0.6 is 69.6 Å². The Balaban J connectivity index is 2.40. The Labute approximate surface area is 135 Å². The van der Waals surface area contributed by atoms with Crippen molar-refractivity contribution in [3.8, 4) is 0 Å². The Kier molecular flexibility index (Phi) is 4.71. The molecule has 0 aromatic heterocycles. The molecule has 2 rings (SSSR count). The van der Waals surface area contributed by atoms with Gasteiger partial charge in [0, 0.05) is 13.1 Å². The van der Waals surface area contributed by atoms with Crippen LogP contribution in [0.25, 0.3) is 0 Å². The van der Waals surface area contributed by atoms with Gasteiger partial charge < -0.3 is 4.90 Å². The molecule has 1 saturated heterocycles. The SMILES string of the molecule is Clc1ccc(N2CCNC2C(Cl)(Cl)Cl)c(Cl)c1Cl. The summed E-state index contributed by atoms with van der Waals surface area (Å²) in [6.07, 6.45) is -0.461. The number of hydrogen-bond acceptors (Lipinski definition) is 2. The number of benzene rings is 1. The van der Waals surface area contributed by atoms with Crippen LogP contribution in [0, 0.1) is 0 Å². The van der Waals surface area contributed by atoms with E-state index in [2.05, 4.69) is 5.32 Å². The fraction of sp³-hybridized carbons (Fsp3) is 0.400. The van der Waals surface area contributed by atoms with Gasteiger partial charge in [0.15, 0.2) is 0 Å². The molecule has 1 aromatic rings. The van der Waals surface area contributed by atoms with Gasteiger partial charge in [-0.1, -0.05) is 69.6 Å². The van der Waals surface area contributed by atoms with E-state index >= 15 is 0 Å². The van der Waals surface area contributed by atoms with Gasteiger partial charge in [0.2, 0.25) is 3.79 Å². The number of nitrogens with zero attached hydrogens (tertiary/aromatic N) is 1. The molecule has 1 heterocycles. The van der Waals surface area contributed by atoms with E-state index in [1.54, 1.807) is 12.1 Å². The summed E-state index contributed by atoms with van der Waals surface area (Å²) in [5.41, 5.74) is 0.687. The molecular weight excluding hydrogens is 361 g/mol. The first-order valence-corrected chi connectivity index (χ1v) is 7.29. The average molecular weight is 369 g/mol. The molecule has 0 bridgehead atoms. The molecule has 100 valence electrons. The van der Waals surface area contributed by atoms with Gasteiger partial charge >= 0.3 is 0 Å². The molecule has 1 aliphatic rings. The summed E-state index contributed by atoms with van der Waals surface area (Å²) in [5.74, 6) is 0. The first-order chi connectivity index (χ1) is 8.32. The summed E-state index contributed by atoms with van der Waals surface area (Å²) in [5, 5.41) is 4.14. The highest BCUT2D eigenvalue weighted by Crippen LogP contribution is 2.42. The van der Waals surface area contributed by atoms with Crippen LogP contribution in [0.1, 0.15) is 0 Å². The zero-order chi connectivity index (χ0) is 13.5. The lowest BCUT2D eigenvalue weighted by molar-refractivity contribution is 0.616. The quantitative estimate of drug-likeness (QED) is 0.568. The summed E-state index contributed by atoms with van der Waals surface area (Å²) in [6.45, 7) is 1.35. The third-order valence-corrected chi connectivity index (χ3v) is 4.54. The summed E-state index contributed by atoms with van der Waals surface area (Å²) in [7, 11) is 0. The molecule has 1 unspecified atom stereocenters. The molecule has 0 aliphatic carbocycles. The highest BCUT2D eigenvalue weighted by atomic mass is 35.6. The molecule has 8 heteroatoms. The van der Waals surface area contributed by atoms with Gasteiger partial charge in [-0.05, 0) is 12.1 Å². The fourth-order valence-electron chi connectivity index (χ4n) is 1.85. The lowest BCUT2D eigenvalue weighted by Gasteiger charge is -2.31. The van der Waals surface area contributed by atoms with Gasteiger partial charge in [0.05, 0.1) is 20.8 Å². The van der Waals surface area contributed by atoms with Gasteiger partial charge in [-0.2, -0.15) is 0 Å². The Morgan fingerprint density at radius 3 is 2.39 bits per heavy atom. The van der Waals surface area contributed by atoms with Crippen LogP contribution in [0.3, 0.4) is 0 Å². The van der Waals surface area contributed by atoms with Crippen molar-refractivity contribution in [3.63, 3.8) is 0 Å². The lowest BCUT2D eigenvalue weighted by Crippen LogP contribution is -2.46. The maximum absolute atomic E-state index is 6.18. The zero-order valence-electron chi connectivity index (χ0n) is 8.86.